The van der Waals surface area contributed by atoms with Crippen molar-refractivity contribution in [3.8, 4) is 0 Å². The van der Waals surface area contributed by atoms with Crippen molar-refractivity contribution < 1.29 is 27.7 Å². The number of nitro groups is 1. The fraction of sp³-hybridized carbons (Fsp3) is 0.158. The Bertz CT molecular complexity index is 1410. The van der Waals surface area contributed by atoms with Crippen LogP contribution in [0.3, 0.4) is 0 Å². The zero-order valence-electron chi connectivity index (χ0n) is 16.7. The number of rotatable bonds is 7. The lowest BCUT2D eigenvalue weighted by atomic mass is 10.1. The number of anilines is 1. The molecule has 11 nitrogen and oxygen atoms in total. The molecule has 0 bridgehead atoms. The lowest BCUT2D eigenvalue weighted by Crippen LogP contribution is -2.16. The smallest absolute Gasteiger partial charge is 0.307 e. The van der Waals surface area contributed by atoms with Gasteiger partial charge in [0, 0.05) is 5.39 Å². The first kappa shape index (κ1) is 22.0. The molecule has 4 rings (SSSR count). The molecule has 33 heavy (non-hydrogen) atoms. The van der Waals surface area contributed by atoms with Gasteiger partial charge >= 0.3 is 5.69 Å². The number of primary amides is 1. The second-order valence-corrected chi connectivity index (χ2v) is 7.89. The van der Waals surface area contributed by atoms with E-state index in [1.54, 1.807) is 6.92 Å². The second kappa shape index (κ2) is 8.38. The first-order valence-corrected chi connectivity index (χ1v) is 10.0. The lowest BCUT2D eigenvalue weighted by Gasteiger charge is -2.07. The zero-order chi connectivity index (χ0) is 23.9. The Balaban J connectivity index is 1.62. The number of thiophene rings is 1. The van der Waals surface area contributed by atoms with Gasteiger partial charge in [0.05, 0.1) is 17.2 Å². The summed E-state index contributed by atoms with van der Waals surface area (Å²) in [5.41, 5.74) is 5.21. The highest BCUT2D eigenvalue weighted by molar-refractivity contribution is 7.21. The fourth-order valence-corrected chi connectivity index (χ4v) is 4.23. The van der Waals surface area contributed by atoms with E-state index in [1.807, 2.05) is 0 Å². The predicted octanol–water partition coefficient (Wildman–Crippen LogP) is 3.64. The van der Waals surface area contributed by atoms with Crippen LogP contribution in [0.2, 0.25) is 0 Å². The van der Waals surface area contributed by atoms with Gasteiger partial charge in [-0.25, -0.2) is 13.8 Å². The van der Waals surface area contributed by atoms with Gasteiger partial charge in [0.1, 0.15) is 33.6 Å². The summed E-state index contributed by atoms with van der Waals surface area (Å²) in [6.45, 7) is 1.59. The van der Waals surface area contributed by atoms with Crippen molar-refractivity contribution in [3.05, 3.63) is 68.4 Å². The third-order valence-electron chi connectivity index (χ3n) is 4.60. The van der Waals surface area contributed by atoms with E-state index >= 15 is 0 Å². The molecule has 0 fully saturated rings. The highest BCUT2D eigenvalue weighted by Crippen LogP contribution is 2.38. The molecule has 0 saturated carbocycles. The maximum absolute atomic E-state index is 13.1. The number of carbonyl (C=O) groups is 2. The third kappa shape index (κ3) is 4.27. The molecule has 4 aromatic heterocycles. The largest absolute Gasteiger partial charge is 0.454 e. The molecule has 4 heterocycles. The van der Waals surface area contributed by atoms with Crippen LogP contribution < -0.4 is 11.1 Å². The predicted molar refractivity (Wildman–Crippen MR) is 112 cm³/mol. The maximum atomic E-state index is 13.1. The number of aromatic nitrogens is 3. The van der Waals surface area contributed by atoms with Gasteiger partial charge in [0.2, 0.25) is 0 Å². The van der Waals surface area contributed by atoms with E-state index in [-0.39, 0.29) is 33.4 Å². The molecule has 170 valence electrons. The van der Waals surface area contributed by atoms with Crippen molar-refractivity contribution in [1.29, 1.82) is 0 Å². The van der Waals surface area contributed by atoms with Crippen molar-refractivity contribution in [2.75, 3.05) is 5.32 Å². The molecule has 0 spiro atoms. The molecule has 0 atom stereocenters. The summed E-state index contributed by atoms with van der Waals surface area (Å²) in [6.07, 6.45) is -0.509. The van der Waals surface area contributed by atoms with Crippen molar-refractivity contribution >= 4 is 44.7 Å². The number of furan rings is 1. The monoisotopic (exact) mass is 476 g/mol. The molecular weight excluding hydrogens is 462 g/mol. The molecule has 0 unspecified atom stereocenters. The standard InChI is InChI=1S/C19H14F2N6O5S/c1-8-4-11(16(20)21)24-19-13(8)14(15(33-19)17(22)28)25-18(29)12-3-2-10(32-12)7-26-6-9(5-23-26)27(30)31/h2-6,16H,7H2,1H3,(H2,22,28)(H,25,29). The summed E-state index contributed by atoms with van der Waals surface area (Å²) >= 11 is 0.796. The number of hydrogen-bond donors (Lipinski definition) is 2. The van der Waals surface area contributed by atoms with Crippen LogP contribution in [0.1, 0.15) is 43.7 Å². The van der Waals surface area contributed by atoms with Crippen LogP contribution >= 0.6 is 11.3 Å². The summed E-state index contributed by atoms with van der Waals surface area (Å²) in [7, 11) is 0. The first-order chi connectivity index (χ1) is 15.6. The van der Waals surface area contributed by atoms with Gasteiger partial charge in [0.15, 0.2) is 5.76 Å². The molecule has 4 aromatic rings. The number of alkyl halides is 2. The van der Waals surface area contributed by atoms with E-state index in [0.29, 0.717) is 16.7 Å². The van der Waals surface area contributed by atoms with Gasteiger partial charge in [-0.15, -0.1) is 11.3 Å². The normalized spacial score (nSPS) is 11.3. The minimum Gasteiger partial charge on any atom is -0.454 e. The molecule has 2 amide bonds. The van der Waals surface area contributed by atoms with E-state index in [1.165, 1.54) is 29.1 Å². The molecule has 0 aliphatic carbocycles. The highest BCUT2D eigenvalue weighted by atomic mass is 32.1. The Morgan fingerprint density at radius 3 is 2.79 bits per heavy atom. The van der Waals surface area contributed by atoms with Gasteiger partial charge in [-0.05, 0) is 30.7 Å². The molecule has 0 radical (unpaired) electrons. The van der Waals surface area contributed by atoms with Crippen LogP contribution in [-0.2, 0) is 6.54 Å². The lowest BCUT2D eigenvalue weighted by molar-refractivity contribution is -0.385. The Hall–Kier alpha value is -4.20. The molecule has 0 aliphatic heterocycles. The number of carbonyl (C=O) groups excluding carboxylic acids is 2. The van der Waals surface area contributed by atoms with Crippen LogP contribution in [0.5, 0.6) is 0 Å². The van der Waals surface area contributed by atoms with Crippen LogP contribution in [0.15, 0.2) is 35.0 Å². The summed E-state index contributed by atoms with van der Waals surface area (Å²) in [5, 5.41) is 17.5. The van der Waals surface area contributed by atoms with Gasteiger partial charge < -0.3 is 15.5 Å². The molecule has 14 heteroatoms. The number of nitrogens with two attached hydrogens (primary N) is 1. The Morgan fingerprint density at radius 1 is 1.39 bits per heavy atom. The fourth-order valence-electron chi connectivity index (χ4n) is 3.16. The number of nitrogens with zero attached hydrogens (tertiary/aromatic N) is 4. The van der Waals surface area contributed by atoms with E-state index in [2.05, 4.69) is 15.4 Å². The van der Waals surface area contributed by atoms with Crippen LogP contribution in [-0.4, -0.2) is 31.5 Å². The van der Waals surface area contributed by atoms with Crippen molar-refractivity contribution in [2.45, 2.75) is 19.9 Å². The van der Waals surface area contributed by atoms with Crippen molar-refractivity contribution in [2.24, 2.45) is 5.73 Å². The van der Waals surface area contributed by atoms with Crippen molar-refractivity contribution in [1.82, 2.24) is 14.8 Å². The number of amides is 2. The van der Waals surface area contributed by atoms with E-state index in [4.69, 9.17) is 10.2 Å². The summed E-state index contributed by atoms with van der Waals surface area (Å²) < 4.78 is 33.0. The molecule has 0 aromatic carbocycles. The zero-order valence-corrected chi connectivity index (χ0v) is 17.6. The summed E-state index contributed by atoms with van der Waals surface area (Å²) in [4.78, 5) is 38.8. The summed E-state index contributed by atoms with van der Waals surface area (Å²) in [6, 6.07) is 4.04. The number of hydrogen-bond acceptors (Lipinski definition) is 8. The van der Waals surface area contributed by atoms with Crippen LogP contribution in [0.25, 0.3) is 10.2 Å². The van der Waals surface area contributed by atoms with E-state index < -0.39 is 28.9 Å². The van der Waals surface area contributed by atoms with Gasteiger partial charge in [-0.2, -0.15) is 5.10 Å². The van der Waals surface area contributed by atoms with Crippen molar-refractivity contribution in [3.63, 3.8) is 0 Å². The average molecular weight is 476 g/mol. The minimum absolute atomic E-state index is 0.0362. The Morgan fingerprint density at radius 2 is 2.15 bits per heavy atom. The van der Waals surface area contributed by atoms with Crippen LogP contribution in [0, 0.1) is 17.0 Å². The Labute approximate surface area is 187 Å². The summed E-state index contributed by atoms with van der Waals surface area (Å²) in [5.74, 6) is -1.39. The molecule has 3 N–H and O–H groups in total. The SMILES string of the molecule is Cc1cc(C(F)F)nc2sc(C(N)=O)c(NC(=O)c3ccc(Cn4cc([N+](=O)[O-])cn4)o3)c12. The van der Waals surface area contributed by atoms with Gasteiger partial charge in [0.25, 0.3) is 18.2 Å². The van der Waals surface area contributed by atoms with E-state index in [0.717, 1.165) is 17.5 Å². The molecular formula is C19H14F2N6O5S. The molecule has 0 aliphatic rings. The minimum atomic E-state index is -2.80. The highest BCUT2D eigenvalue weighted by Gasteiger charge is 2.24. The number of fused-ring (bicyclic) bond motifs is 1. The van der Waals surface area contributed by atoms with Crippen LogP contribution in [0.4, 0.5) is 20.2 Å². The second-order valence-electron chi connectivity index (χ2n) is 6.89. The van der Waals surface area contributed by atoms with Gasteiger partial charge in [-0.1, -0.05) is 0 Å². The molecule has 0 saturated heterocycles. The number of nitrogens with one attached hydrogen (secondary N) is 1. The van der Waals surface area contributed by atoms with Gasteiger partial charge in [-0.3, -0.25) is 24.4 Å². The maximum Gasteiger partial charge on any atom is 0.307 e. The number of pyridine rings is 1. The van der Waals surface area contributed by atoms with E-state index in [9.17, 15) is 28.5 Å². The number of aryl methyl sites for hydroxylation is 1. The quantitative estimate of drug-likeness (QED) is 0.304. The topological polar surface area (TPSA) is 159 Å². The first-order valence-electron chi connectivity index (χ1n) is 9.23. The number of halogens is 2. The Kier molecular flexibility index (Phi) is 5.59. The average Bonchev–Trinajstić information content (AvgIpc) is 3.47. The third-order valence-corrected chi connectivity index (χ3v) is 5.70.